The van der Waals surface area contributed by atoms with E-state index in [1.54, 1.807) is 11.3 Å². The lowest BCUT2D eigenvalue weighted by Gasteiger charge is -2.10. The summed E-state index contributed by atoms with van der Waals surface area (Å²) in [4.78, 5) is 9.26. The van der Waals surface area contributed by atoms with Crippen molar-refractivity contribution in [2.24, 2.45) is 4.99 Å². The molecule has 0 fully saturated rings. The van der Waals surface area contributed by atoms with Crippen LogP contribution in [0.3, 0.4) is 0 Å². The van der Waals surface area contributed by atoms with E-state index in [0.29, 0.717) is 5.92 Å². The molecule has 5 nitrogen and oxygen atoms in total. The number of ether oxygens (including phenoxy) is 1. The Bertz CT molecular complexity index is 460. The molecule has 0 aromatic carbocycles. The zero-order valence-corrected chi connectivity index (χ0v) is 16.5. The summed E-state index contributed by atoms with van der Waals surface area (Å²) in [5, 5.41) is 10.0. The Hall–Kier alpha value is -1.14. The summed E-state index contributed by atoms with van der Waals surface area (Å²) < 4.78 is 5.56. The Morgan fingerprint density at radius 3 is 2.71 bits per heavy atom. The van der Waals surface area contributed by atoms with Crippen LogP contribution in [0.25, 0.3) is 0 Å². The van der Waals surface area contributed by atoms with Crippen molar-refractivity contribution in [1.82, 2.24) is 15.6 Å². The summed E-state index contributed by atoms with van der Waals surface area (Å²) >= 11 is 1.75. The van der Waals surface area contributed by atoms with Crippen LogP contribution < -0.4 is 10.6 Å². The van der Waals surface area contributed by atoms with Gasteiger partial charge < -0.3 is 15.4 Å². The number of aliphatic imine (C=N–C) groups is 1. The van der Waals surface area contributed by atoms with E-state index in [1.807, 2.05) is 0 Å². The summed E-state index contributed by atoms with van der Waals surface area (Å²) in [5.41, 5.74) is 1.16. The summed E-state index contributed by atoms with van der Waals surface area (Å²) in [5.74, 6) is 1.39. The molecule has 0 spiro atoms. The zero-order chi connectivity index (χ0) is 17.6. The fraction of sp³-hybridized carbons (Fsp3) is 0.778. The van der Waals surface area contributed by atoms with Gasteiger partial charge in [0.2, 0.25) is 0 Å². The molecule has 1 rings (SSSR count). The number of guanidine groups is 1. The fourth-order valence-electron chi connectivity index (χ4n) is 2.06. The minimum atomic E-state index is 0.509. The number of unbranched alkanes of at least 4 members (excludes halogenated alkanes) is 1. The van der Waals surface area contributed by atoms with Crippen LogP contribution in [0, 0.1) is 0 Å². The standard InChI is InChI=1S/C18H34N4OS/c1-5-7-12-23-13-8-10-20-18(19-6-2)21-11-9-16-14-24-17(22-16)15(3)4/h14-15H,5-13H2,1-4H3,(H2,19,20,21). The number of nitrogens with zero attached hydrogens (tertiary/aromatic N) is 2. The van der Waals surface area contributed by atoms with Crippen molar-refractivity contribution in [3.63, 3.8) is 0 Å². The molecule has 0 amide bonds. The third-order valence-electron chi connectivity index (χ3n) is 3.44. The topological polar surface area (TPSA) is 58.5 Å². The number of aromatic nitrogens is 1. The molecule has 0 atom stereocenters. The summed E-state index contributed by atoms with van der Waals surface area (Å²) in [7, 11) is 0. The van der Waals surface area contributed by atoms with Gasteiger partial charge in [-0.25, -0.2) is 4.98 Å². The van der Waals surface area contributed by atoms with Gasteiger partial charge in [0, 0.05) is 50.6 Å². The summed E-state index contributed by atoms with van der Waals surface area (Å²) in [6.07, 6.45) is 4.21. The van der Waals surface area contributed by atoms with E-state index in [-0.39, 0.29) is 0 Å². The molecule has 0 saturated heterocycles. The Kier molecular flexibility index (Phi) is 11.5. The second kappa shape index (κ2) is 13.2. The van der Waals surface area contributed by atoms with E-state index in [2.05, 4.69) is 53.7 Å². The van der Waals surface area contributed by atoms with Crippen molar-refractivity contribution in [1.29, 1.82) is 0 Å². The molecule has 138 valence electrons. The SMILES string of the molecule is CCCCOCCCN=C(NCC)NCCc1csc(C(C)C)n1. The fourth-order valence-corrected chi connectivity index (χ4v) is 2.93. The van der Waals surface area contributed by atoms with E-state index >= 15 is 0 Å². The van der Waals surface area contributed by atoms with E-state index in [4.69, 9.17) is 4.74 Å². The van der Waals surface area contributed by atoms with Gasteiger partial charge in [0.25, 0.3) is 0 Å². The van der Waals surface area contributed by atoms with Gasteiger partial charge in [0.1, 0.15) is 0 Å². The molecular formula is C18H34N4OS. The average Bonchev–Trinajstić information content (AvgIpc) is 3.03. The molecule has 0 bridgehead atoms. The van der Waals surface area contributed by atoms with Crippen LogP contribution in [0.5, 0.6) is 0 Å². The van der Waals surface area contributed by atoms with Crippen LogP contribution in [0.1, 0.15) is 63.6 Å². The highest BCUT2D eigenvalue weighted by Crippen LogP contribution is 2.19. The molecule has 0 unspecified atom stereocenters. The monoisotopic (exact) mass is 354 g/mol. The van der Waals surface area contributed by atoms with Gasteiger partial charge >= 0.3 is 0 Å². The van der Waals surface area contributed by atoms with Gasteiger partial charge in [-0.15, -0.1) is 11.3 Å². The predicted molar refractivity (Wildman–Crippen MR) is 104 cm³/mol. The van der Waals surface area contributed by atoms with Crippen LogP contribution >= 0.6 is 11.3 Å². The third kappa shape index (κ3) is 9.23. The lowest BCUT2D eigenvalue weighted by atomic mass is 10.2. The highest BCUT2D eigenvalue weighted by Gasteiger charge is 2.05. The Labute approximate surface area is 151 Å². The first kappa shape index (κ1) is 20.9. The Morgan fingerprint density at radius 2 is 2.04 bits per heavy atom. The number of rotatable bonds is 12. The molecule has 0 aliphatic rings. The molecule has 24 heavy (non-hydrogen) atoms. The maximum atomic E-state index is 5.56. The van der Waals surface area contributed by atoms with E-state index in [9.17, 15) is 0 Å². The van der Waals surface area contributed by atoms with Crippen molar-refractivity contribution < 1.29 is 4.74 Å². The summed E-state index contributed by atoms with van der Waals surface area (Å²) in [6, 6.07) is 0. The largest absolute Gasteiger partial charge is 0.381 e. The normalized spacial score (nSPS) is 12.0. The molecule has 6 heteroatoms. The number of hydrogen-bond donors (Lipinski definition) is 2. The molecular weight excluding hydrogens is 320 g/mol. The van der Waals surface area contributed by atoms with Crippen LogP contribution in [0.15, 0.2) is 10.4 Å². The van der Waals surface area contributed by atoms with Crippen molar-refractivity contribution in [3.8, 4) is 0 Å². The molecule has 1 aromatic heterocycles. The van der Waals surface area contributed by atoms with E-state index in [0.717, 1.165) is 63.8 Å². The van der Waals surface area contributed by atoms with Gasteiger partial charge in [-0.05, 0) is 19.8 Å². The average molecular weight is 355 g/mol. The lowest BCUT2D eigenvalue weighted by molar-refractivity contribution is 0.130. The lowest BCUT2D eigenvalue weighted by Crippen LogP contribution is -2.38. The predicted octanol–water partition coefficient (Wildman–Crippen LogP) is 3.57. The highest BCUT2D eigenvalue weighted by molar-refractivity contribution is 7.09. The molecule has 1 heterocycles. The van der Waals surface area contributed by atoms with Gasteiger partial charge in [-0.2, -0.15) is 0 Å². The smallest absolute Gasteiger partial charge is 0.191 e. The third-order valence-corrected chi connectivity index (χ3v) is 4.63. The van der Waals surface area contributed by atoms with Crippen molar-refractivity contribution in [3.05, 3.63) is 16.1 Å². The molecule has 1 aromatic rings. The zero-order valence-electron chi connectivity index (χ0n) is 15.7. The first-order chi connectivity index (χ1) is 11.7. The minimum absolute atomic E-state index is 0.509. The van der Waals surface area contributed by atoms with Gasteiger partial charge in [0.05, 0.1) is 10.7 Å². The second-order valence-corrected chi connectivity index (χ2v) is 6.98. The van der Waals surface area contributed by atoms with E-state index in [1.165, 1.54) is 11.4 Å². The van der Waals surface area contributed by atoms with Crippen molar-refractivity contribution in [2.45, 2.75) is 59.3 Å². The molecule has 0 radical (unpaired) electrons. The first-order valence-electron chi connectivity index (χ1n) is 9.21. The summed E-state index contributed by atoms with van der Waals surface area (Å²) in [6.45, 7) is 12.8. The maximum absolute atomic E-state index is 5.56. The second-order valence-electron chi connectivity index (χ2n) is 6.09. The molecule has 0 saturated carbocycles. The quantitative estimate of drug-likeness (QED) is 0.342. The molecule has 0 aliphatic carbocycles. The number of thiazole rings is 1. The van der Waals surface area contributed by atoms with Gasteiger partial charge in [0.15, 0.2) is 5.96 Å². The molecule has 2 N–H and O–H groups in total. The van der Waals surface area contributed by atoms with Crippen LogP contribution in [-0.2, 0) is 11.2 Å². The van der Waals surface area contributed by atoms with Crippen LogP contribution in [0.2, 0.25) is 0 Å². The first-order valence-corrected chi connectivity index (χ1v) is 10.1. The Balaban J connectivity index is 2.24. The van der Waals surface area contributed by atoms with Crippen molar-refractivity contribution >= 4 is 17.3 Å². The Morgan fingerprint density at radius 1 is 1.25 bits per heavy atom. The van der Waals surface area contributed by atoms with Crippen LogP contribution in [0.4, 0.5) is 0 Å². The van der Waals surface area contributed by atoms with Crippen molar-refractivity contribution in [2.75, 3.05) is 32.8 Å². The molecule has 0 aliphatic heterocycles. The van der Waals surface area contributed by atoms with E-state index < -0.39 is 0 Å². The van der Waals surface area contributed by atoms with Gasteiger partial charge in [-0.1, -0.05) is 27.2 Å². The van der Waals surface area contributed by atoms with Crippen LogP contribution in [-0.4, -0.2) is 43.8 Å². The van der Waals surface area contributed by atoms with Gasteiger partial charge in [-0.3, -0.25) is 4.99 Å². The minimum Gasteiger partial charge on any atom is -0.381 e. The maximum Gasteiger partial charge on any atom is 0.191 e. The number of nitrogens with one attached hydrogen (secondary N) is 2. The number of hydrogen-bond acceptors (Lipinski definition) is 4. The highest BCUT2D eigenvalue weighted by atomic mass is 32.1.